The van der Waals surface area contributed by atoms with Gasteiger partial charge in [0.25, 0.3) is 5.91 Å². The maximum absolute atomic E-state index is 12.8. The van der Waals surface area contributed by atoms with Crippen LogP contribution in [0.1, 0.15) is 52.5 Å². The fourth-order valence-electron chi connectivity index (χ4n) is 4.13. The van der Waals surface area contributed by atoms with Gasteiger partial charge in [-0.05, 0) is 72.4 Å². The number of hydrogen-bond donors (Lipinski definition) is 2. The molecule has 3 aromatic rings. The number of benzene rings is 3. The van der Waals surface area contributed by atoms with Crippen molar-refractivity contribution in [2.45, 2.75) is 26.2 Å². The van der Waals surface area contributed by atoms with Gasteiger partial charge in [0.2, 0.25) is 5.91 Å². The number of carbonyl (C=O) groups excluding carboxylic acids is 2. The molecule has 6 nitrogen and oxygen atoms in total. The number of likely N-dealkylation sites (tertiary alicyclic amines) is 1. The van der Waals surface area contributed by atoms with E-state index in [1.54, 1.807) is 4.90 Å². The quantitative estimate of drug-likeness (QED) is 0.531. The van der Waals surface area contributed by atoms with Crippen molar-refractivity contribution in [3.63, 3.8) is 0 Å². The molecule has 1 aliphatic rings. The Morgan fingerprint density at radius 1 is 0.879 bits per heavy atom. The Labute approximate surface area is 192 Å². The molecule has 0 bridgehead atoms. The second-order valence-corrected chi connectivity index (χ2v) is 8.30. The van der Waals surface area contributed by atoms with Gasteiger partial charge < -0.3 is 15.3 Å². The van der Waals surface area contributed by atoms with Gasteiger partial charge in [-0.2, -0.15) is 0 Å². The van der Waals surface area contributed by atoms with Gasteiger partial charge in [-0.1, -0.05) is 36.4 Å². The van der Waals surface area contributed by atoms with E-state index in [2.05, 4.69) is 5.32 Å². The highest BCUT2D eigenvalue weighted by atomic mass is 16.4. The van der Waals surface area contributed by atoms with E-state index in [1.807, 2.05) is 49.4 Å². The summed E-state index contributed by atoms with van der Waals surface area (Å²) in [5.41, 5.74) is 2.06. The summed E-state index contributed by atoms with van der Waals surface area (Å²) in [6, 6.07) is 18.3. The van der Waals surface area contributed by atoms with E-state index in [9.17, 15) is 19.5 Å². The minimum atomic E-state index is -1.17. The van der Waals surface area contributed by atoms with Gasteiger partial charge in [0.1, 0.15) is 0 Å². The molecule has 0 radical (unpaired) electrons. The van der Waals surface area contributed by atoms with Gasteiger partial charge in [0, 0.05) is 24.7 Å². The van der Waals surface area contributed by atoms with Crippen LogP contribution in [0.3, 0.4) is 0 Å². The Morgan fingerprint density at radius 2 is 1.58 bits per heavy atom. The molecule has 0 saturated carbocycles. The third-order valence-electron chi connectivity index (χ3n) is 5.95. The van der Waals surface area contributed by atoms with E-state index < -0.39 is 11.9 Å². The molecule has 1 heterocycles. The summed E-state index contributed by atoms with van der Waals surface area (Å²) in [5.74, 6) is -1.77. The van der Waals surface area contributed by atoms with Gasteiger partial charge in [0.05, 0.1) is 11.3 Å². The first-order valence-electron chi connectivity index (χ1n) is 11.1. The summed E-state index contributed by atoms with van der Waals surface area (Å²) in [5, 5.41) is 14.4. The zero-order valence-electron chi connectivity index (χ0n) is 18.5. The molecule has 168 valence electrons. The molecule has 1 aliphatic heterocycles. The molecule has 6 heteroatoms. The summed E-state index contributed by atoms with van der Waals surface area (Å²) in [6.45, 7) is 3.21. The van der Waals surface area contributed by atoms with Crippen LogP contribution in [0, 0.1) is 0 Å². The van der Waals surface area contributed by atoms with Crippen LogP contribution in [0.5, 0.6) is 0 Å². The molecular formula is C27H26N2O4. The maximum Gasteiger partial charge on any atom is 0.337 e. The number of carbonyl (C=O) groups is 3. The molecule has 0 aliphatic carbocycles. The minimum absolute atomic E-state index is 0.0599. The number of carboxylic acid groups (broad SMARTS) is 1. The Bertz CT molecular complexity index is 1260. The Morgan fingerprint density at radius 3 is 2.30 bits per heavy atom. The van der Waals surface area contributed by atoms with Crippen LogP contribution in [-0.2, 0) is 4.79 Å². The average Bonchev–Trinajstić information content (AvgIpc) is 2.83. The van der Waals surface area contributed by atoms with E-state index in [0.717, 1.165) is 41.2 Å². The Kier molecular flexibility index (Phi) is 6.54. The van der Waals surface area contributed by atoms with Crippen LogP contribution < -0.4 is 5.32 Å². The Hall–Kier alpha value is -3.93. The molecule has 4 rings (SSSR count). The van der Waals surface area contributed by atoms with Crippen LogP contribution in [0.15, 0.2) is 66.7 Å². The molecular weight excluding hydrogens is 416 g/mol. The van der Waals surface area contributed by atoms with E-state index in [4.69, 9.17) is 0 Å². The zero-order chi connectivity index (χ0) is 23.4. The van der Waals surface area contributed by atoms with Crippen molar-refractivity contribution < 1.29 is 19.5 Å². The number of amides is 2. The fourth-order valence-corrected chi connectivity index (χ4v) is 4.13. The number of allylic oxidation sites excluding steroid dienone is 1. The van der Waals surface area contributed by atoms with E-state index in [1.165, 1.54) is 24.3 Å². The molecule has 0 unspecified atom stereocenters. The SMILES string of the molecule is CC(=CC(=O)Nc1cc(C(=O)N2CCCCC2)ccc1C(=O)O)c1ccc2ccccc2c1. The first kappa shape index (κ1) is 22.3. The van der Waals surface area contributed by atoms with Crippen molar-refractivity contribution >= 4 is 39.8 Å². The third-order valence-corrected chi connectivity index (χ3v) is 5.95. The molecule has 2 amide bonds. The summed E-state index contributed by atoms with van der Waals surface area (Å²) in [6.07, 6.45) is 4.46. The number of anilines is 1. The van der Waals surface area contributed by atoms with Crippen LogP contribution >= 0.6 is 0 Å². The van der Waals surface area contributed by atoms with Gasteiger partial charge in [-0.15, -0.1) is 0 Å². The van der Waals surface area contributed by atoms with Crippen molar-refractivity contribution in [3.8, 4) is 0 Å². The number of nitrogens with zero attached hydrogens (tertiary/aromatic N) is 1. The number of nitrogens with one attached hydrogen (secondary N) is 1. The van der Waals surface area contributed by atoms with E-state index in [0.29, 0.717) is 18.7 Å². The van der Waals surface area contributed by atoms with Crippen molar-refractivity contribution in [3.05, 3.63) is 83.4 Å². The predicted molar refractivity (Wildman–Crippen MR) is 129 cm³/mol. The summed E-state index contributed by atoms with van der Waals surface area (Å²) in [7, 11) is 0. The standard InChI is InChI=1S/C27H26N2O4/c1-18(20-10-9-19-7-3-4-8-21(19)16-20)15-25(30)28-24-17-22(11-12-23(24)27(32)33)26(31)29-13-5-2-6-14-29/h3-4,7-12,15-17H,2,5-6,13-14H2,1H3,(H,28,30)(H,32,33). The molecule has 1 saturated heterocycles. The number of rotatable bonds is 5. The highest BCUT2D eigenvalue weighted by Gasteiger charge is 2.21. The summed E-state index contributed by atoms with van der Waals surface area (Å²) >= 11 is 0. The van der Waals surface area contributed by atoms with Gasteiger partial charge in [-0.25, -0.2) is 4.79 Å². The molecule has 33 heavy (non-hydrogen) atoms. The largest absolute Gasteiger partial charge is 0.478 e. The summed E-state index contributed by atoms with van der Waals surface area (Å²) < 4.78 is 0. The lowest BCUT2D eigenvalue weighted by Gasteiger charge is -2.27. The fraction of sp³-hybridized carbons (Fsp3) is 0.222. The van der Waals surface area contributed by atoms with Gasteiger partial charge >= 0.3 is 5.97 Å². The lowest BCUT2D eigenvalue weighted by atomic mass is 10.0. The molecule has 0 aromatic heterocycles. The second-order valence-electron chi connectivity index (χ2n) is 8.30. The predicted octanol–water partition coefficient (Wildman–Crippen LogP) is 5.21. The average molecular weight is 443 g/mol. The topological polar surface area (TPSA) is 86.7 Å². The first-order chi connectivity index (χ1) is 15.9. The molecule has 3 aromatic carbocycles. The molecule has 1 fully saturated rings. The van der Waals surface area contributed by atoms with Crippen LogP contribution in [0.25, 0.3) is 16.3 Å². The van der Waals surface area contributed by atoms with Crippen molar-refractivity contribution in [1.29, 1.82) is 0 Å². The third kappa shape index (κ3) is 5.12. The normalized spacial score (nSPS) is 14.2. The number of piperidine rings is 1. The van der Waals surface area contributed by atoms with Crippen LogP contribution in [0.2, 0.25) is 0 Å². The highest BCUT2D eigenvalue weighted by Crippen LogP contribution is 2.23. The lowest BCUT2D eigenvalue weighted by molar-refractivity contribution is -0.111. The number of carboxylic acids is 1. The monoisotopic (exact) mass is 442 g/mol. The minimum Gasteiger partial charge on any atom is -0.478 e. The van der Waals surface area contributed by atoms with E-state index >= 15 is 0 Å². The van der Waals surface area contributed by atoms with Crippen LogP contribution in [0.4, 0.5) is 5.69 Å². The zero-order valence-corrected chi connectivity index (χ0v) is 18.5. The summed E-state index contributed by atoms with van der Waals surface area (Å²) in [4.78, 5) is 39.0. The van der Waals surface area contributed by atoms with Crippen LogP contribution in [-0.4, -0.2) is 40.9 Å². The van der Waals surface area contributed by atoms with Crippen molar-refractivity contribution in [2.75, 3.05) is 18.4 Å². The molecule has 0 atom stereocenters. The maximum atomic E-state index is 12.8. The van der Waals surface area contributed by atoms with E-state index in [-0.39, 0.29) is 17.2 Å². The van der Waals surface area contributed by atoms with Gasteiger partial charge in [0.15, 0.2) is 0 Å². The van der Waals surface area contributed by atoms with Gasteiger partial charge in [-0.3, -0.25) is 9.59 Å². The highest BCUT2D eigenvalue weighted by molar-refractivity contribution is 6.08. The number of hydrogen-bond acceptors (Lipinski definition) is 3. The van der Waals surface area contributed by atoms with Crippen molar-refractivity contribution in [2.24, 2.45) is 0 Å². The second kappa shape index (κ2) is 9.69. The molecule has 0 spiro atoms. The molecule has 2 N–H and O–H groups in total. The number of fused-ring (bicyclic) bond motifs is 1. The first-order valence-corrected chi connectivity index (χ1v) is 11.1. The smallest absolute Gasteiger partial charge is 0.337 e. The lowest BCUT2D eigenvalue weighted by Crippen LogP contribution is -2.35. The Balaban J connectivity index is 1.57. The van der Waals surface area contributed by atoms with Crippen molar-refractivity contribution in [1.82, 2.24) is 4.90 Å². The number of aromatic carboxylic acids is 1.